The topological polar surface area (TPSA) is 22.4 Å². The lowest BCUT2D eigenvalue weighted by atomic mass is 9.95. The third-order valence-corrected chi connectivity index (χ3v) is 9.49. The van der Waals surface area contributed by atoms with Crippen molar-refractivity contribution in [3.63, 3.8) is 0 Å². The minimum Gasteiger partial charge on any atom is -0.456 e. The SMILES string of the molecule is [C-]#[N+]c1ccc(-c2cccc3oc4ccccc4c23)c2c1sc1c(-n3c4ccccc4c4ccccc43)cccc12. The summed E-state index contributed by atoms with van der Waals surface area (Å²) in [6.07, 6.45) is 0. The molecule has 0 spiro atoms. The smallest absolute Gasteiger partial charge is 0.204 e. The average Bonchev–Trinajstić information content (AvgIpc) is 3.70. The number of fused-ring (bicyclic) bond motifs is 9. The summed E-state index contributed by atoms with van der Waals surface area (Å²) in [5, 5.41) is 6.97. The fraction of sp³-hybridized carbons (Fsp3) is 0. The Kier molecular flexibility index (Phi) is 4.55. The van der Waals surface area contributed by atoms with E-state index in [1.165, 1.54) is 26.5 Å². The molecule has 4 heteroatoms. The molecule has 0 N–H and O–H groups in total. The van der Waals surface area contributed by atoms with E-state index in [4.69, 9.17) is 11.0 Å². The van der Waals surface area contributed by atoms with E-state index in [2.05, 4.69) is 106 Å². The number of hydrogen-bond acceptors (Lipinski definition) is 2. The Morgan fingerprint density at radius 1 is 0.537 bits per heavy atom. The summed E-state index contributed by atoms with van der Waals surface area (Å²) in [4.78, 5) is 3.96. The summed E-state index contributed by atoms with van der Waals surface area (Å²) in [5.41, 5.74) is 8.17. The van der Waals surface area contributed by atoms with Crippen LogP contribution < -0.4 is 0 Å². The van der Waals surface area contributed by atoms with E-state index in [-0.39, 0.29) is 0 Å². The van der Waals surface area contributed by atoms with Crippen LogP contribution in [0.4, 0.5) is 5.69 Å². The first kappa shape index (κ1) is 22.4. The predicted octanol–water partition coefficient (Wildman–Crippen LogP) is 11.3. The van der Waals surface area contributed by atoms with Gasteiger partial charge >= 0.3 is 0 Å². The van der Waals surface area contributed by atoms with Crippen molar-refractivity contribution in [3.05, 3.63) is 133 Å². The molecule has 9 aromatic rings. The molecule has 0 aliphatic rings. The van der Waals surface area contributed by atoms with Gasteiger partial charge in [-0.15, -0.1) is 11.3 Å². The maximum absolute atomic E-state index is 8.01. The van der Waals surface area contributed by atoms with Crippen molar-refractivity contribution in [1.29, 1.82) is 0 Å². The van der Waals surface area contributed by atoms with Crippen LogP contribution in [0, 0.1) is 6.57 Å². The van der Waals surface area contributed by atoms with Crippen LogP contribution in [0.25, 0.3) is 85.6 Å². The van der Waals surface area contributed by atoms with Gasteiger partial charge in [-0.05, 0) is 46.8 Å². The summed E-state index contributed by atoms with van der Waals surface area (Å²) < 4.78 is 10.8. The minimum atomic E-state index is 0.683. The molecule has 0 radical (unpaired) electrons. The molecular weight excluding hydrogens is 520 g/mol. The molecule has 6 aromatic carbocycles. The highest BCUT2D eigenvalue weighted by Crippen LogP contribution is 2.49. The number of hydrogen-bond donors (Lipinski definition) is 0. The number of para-hydroxylation sites is 3. The van der Waals surface area contributed by atoms with E-state index in [1.54, 1.807) is 11.3 Å². The molecule has 3 heterocycles. The van der Waals surface area contributed by atoms with E-state index in [0.717, 1.165) is 54.2 Å². The number of thiophene rings is 1. The van der Waals surface area contributed by atoms with Gasteiger partial charge < -0.3 is 8.98 Å². The molecule has 3 aromatic heterocycles. The first-order valence-electron chi connectivity index (χ1n) is 13.6. The van der Waals surface area contributed by atoms with E-state index < -0.39 is 0 Å². The van der Waals surface area contributed by atoms with E-state index in [9.17, 15) is 0 Å². The first-order valence-corrected chi connectivity index (χ1v) is 14.4. The van der Waals surface area contributed by atoms with Crippen molar-refractivity contribution in [1.82, 2.24) is 4.57 Å². The fourth-order valence-corrected chi connectivity index (χ4v) is 7.83. The summed E-state index contributed by atoms with van der Waals surface area (Å²) >= 11 is 1.72. The zero-order chi connectivity index (χ0) is 27.1. The molecule has 3 nitrogen and oxygen atoms in total. The number of benzene rings is 6. The van der Waals surface area contributed by atoms with Crippen LogP contribution in [0.2, 0.25) is 0 Å². The molecule has 190 valence electrons. The standard InChI is InChI=1S/C37H20N2OS/c1-38-28-21-20-25(24-13-9-19-33-34(24)26-12-4-7-18-32(26)40-33)35-27-14-8-17-31(36(27)41-37(28)35)39-29-15-5-2-10-22(29)23-11-3-6-16-30(23)39/h2-21H. The normalized spacial score (nSPS) is 11.9. The van der Waals surface area contributed by atoms with Gasteiger partial charge in [0.2, 0.25) is 5.69 Å². The van der Waals surface area contributed by atoms with Crippen molar-refractivity contribution in [2.24, 2.45) is 0 Å². The van der Waals surface area contributed by atoms with Crippen LogP contribution in [-0.4, -0.2) is 4.57 Å². The summed E-state index contributed by atoms with van der Waals surface area (Å²) in [7, 11) is 0. The van der Waals surface area contributed by atoms with Gasteiger partial charge in [0.25, 0.3) is 0 Å². The van der Waals surface area contributed by atoms with Crippen molar-refractivity contribution in [2.75, 3.05) is 0 Å². The average molecular weight is 541 g/mol. The van der Waals surface area contributed by atoms with Crippen LogP contribution in [0.3, 0.4) is 0 Å². The van der Waals surface area contributed by atoms with Gasteiger partial charge in [0.1, 0.15) is 11.2 Å². The Morgan fingerprint density at radius 3 is 1.95 bits per heavy atom. The number of furan rings is 1. The van der Waals surface area contributed by atoms with E-state index >= 15 is 0 Å². The van der Waals surface area contributed by atoms with Gasteiger partial charge in [0.15, 0.2) is 0 Å². The van der Waals surface area contributed by atoms with Crippen LogP contribution in [0.15, 0.2) is 126 Å². The highest BCUT2D eigenvalue weighted by molar-refractivity contribution is 7.27. The summed E-state index contributed by atoms with van der Waals surface area (Å²) in [6.45, 7) is 8.01. The zero-order valence-electron chi connectivity index (χ0n) is 21.8. The van der Waals surface area contributed by atoms with Crippen LogP contribution >= 0.6 is 11.3 Å². The van der Waals surface area contributed by atoms with Crippen molar-refractivity contribution >= 4 is 80.9 Å². The van der Waals surface area contributed by atoms with Gasteiger partial charge in [0, 0.05) is 31.6 Å². The monoisotopic (exact) mass is 540 g/mol. The van der Waals surface area contributed by atoms with Gasteiger partial charge in [-0.1, -0.05) is 91.0 Å². The second kappa shape index (κ2) is 8.32. The molecule has 0 unspecified atom stereocenters. The molecule has 0 amide bonds. The molecule has 9 rings (SSSR count). The lowest BCUT2D eigenvalue weighted by Crippen LogP contribution is -1.93. The van der Waals surface area contributed by atoms with Gasteiger partial charge in [-0.3, -0.25) is 0 Å². The van der Waals surface area contributed by atoms with Crippen molar-refractivity contribution in [2.45, 2.75) is 0 Å². The maximum atomic E-state index is 8.01. The zero-order valence-corrected chi connectivity index (χ0v) is 22.6. The Labute approximate surface area is 238 Å². The van der Waals surface area contributed by atoms with Crippen LogP contribution in [0.1, 0.15) is 0 Å². The molecule has 0 fully saturated rings. The Bertz CT molecular complexity index is 2500. The third kappa shape index (κ3) is 3.01. The molecular formula is C37H20N2OS. The first-order chi connectivity index (χ1) is 20.3. The number of aromatic nitrogens is 1. The Morgan fingerprint density at radius 2 is 1.17 bits per heavy atom. The second-order valence-electron chi connectivity index (χ2n) is 10.4. The quantitative estimate of drug-likeness (QED) is 0.200. The number of nitrogens with zero attached hydrogens (tertiary/aromatic N) is 2. The van der Waals surface area contributed by atoms with Crippen LogP contribution in [0.5, 0.6) is 0 Å². The molecule has 0 aliphatic heterocycles. The Hall–Kier alpha value is -5.37. The summed E-state index contributed by atoms with van der Waals surface area (Å²) in [5.74, 6) is 0. The Balaban J connectivity index is 1.43. The van der Waals surface area contributed by atoms with Crippen molar-refractivity contribution < 1.29 is 4.42 Å². The highest BCUT2D eigenvalue weighted by atomic mass is 32.1. The fourth-order valence-electron chi connectivity index (χ4n) is 6.54. The molecule has 0 atom stereocenters. The maximum Gasteiger partial charge on any atom is 0.204 e. The molecule has 0 saturated carbocycles. The lowest BCUT2D eigenvalue weighted by molar-refractivity contribution is 0.669. The predicted molar refractivity (Wildman–Crippen MR) is 173 cm³/mol. The highest BCUT2D eigenvalue weighted by Gasteiger charge is 2.21. The van der Waals surface area contributed by atoms with Gasteiger partial charge in [-0.2, -0.15) is 0 Å². The number of rotatable bonds is 2. The molecule has 0 aliphatic carbocycles. The third-order valence-electron chi connectivity index (χ3n) is 8.24. The van der Waals surface area contributed by atoms with Gasteiger partial charge in [-0.25, -0.2) is 4.85 Å². The van der Waals surface area contributed by atoms with E-state index in [1.807, 2.05) is 24.3 Å². The largest absolute Gasteiger partial charge is 0.456 e. The summed E-state index contributed by atoms with van der Waals surface area (Å²) in [6, 6.07) is 42.4. The van der Waals surface area contributed by atoms with Crippen LogP contribution in [-0.2, 0) is 0 Å². The molecule has 0 saturated heterocycles. The van der Waals surface area contributed by atoms with Gasteiger partial charge in [0.05, 0.1) is 28.0 Å². The molecule has 41 heavy (non-hydrogen) atoms. The minimum absolute atomic E-state index is 0.683. The van der Waals surface area contributed by atoms with E-state index in [0.29, 0.717) is 5.69 Å². The molecule has 0 bridgehead atoms. The second-order valence-corrected chi connectivity index (χ2v) is 11.4. The lowest BCUT2D eigenvalue weighted by Gasteiger charge is -2.10. The van der Waals surface area contributed by atoms with Crippen molar-refractivity contribution in [3.8, 4) is 16.8 Å².